The highest BCUT2D eigenvalue weighted by molar-refractivity contribution is 7.89. The molecular weight excluding hydrogens is 404 g/mol. The molecule has 1 aromatic carbocycles. The molecule has 0 aromatic heterocycles. The quantitative estimate of drug-likeness (QED) is 0.725. The summed E-state index contributed by atoms with van der Waals surface area (Å²) in [5, 5.41) is 0. The van der Waals surface area contributed by atoms with Crippen LogP contribution in [-0.4, -0.2) is 68.2 Å². The van der Waals surface area contributed by atoms with Crippen LogP contribution >= 0.6 is 0 Å². The number of likely N-dealkylation sites (tertiary alicyclic amines) is 1. The zero-order valence-corrected chi connectivity index (χ0v) is 18.7. The van der Waals surface area contributed by atoms with E-state index in [1.807, 2.05) is 18.7 Å². The molecule has 0 radical (unpaired) electrons. The van der Waals surface area contributed by atoms with E-state index in [4.69, 9.17) is 9.47 Å². The molecule has 3 aliphatic rings. The Morgan fingerprint density at radius 2 is 1.73 bits per heavy atom. The highest BCUT2D eigenvalue weighted by Gasteiger charge is 2.38. The number of nitrogens with zero attached hydrogens (tertiary/aromatic N) is 2. The molecule has 3 saturated heterocycles. The maximum absolute atomic E-state index is 13.5. The highest BCUT2D eigenvalue weighted by atomic mass is 32.2. The number of carbonyl (C=O) groups excluding carboxylic acids is 1. The lowest BCUT2D eigenvalue weighted by Gasteiger charge is -2.38. The number of piperidine rings is 2. The third-order valence-electron chi connectivity index (χ3n) is 6.56. The first-order valence-corrected chi connectivity index (χ1v) is 12.5. The number of benzene rings is 1. The predicted octanol–water partition coefficient (Wildman–Crippen LogP) is 2.93. The minimum atomic E-state index is -3.63. The van der Waals surface area contributed by atoms with Crippen LogP contribution < -0.4 is 0 Å². The molecule has 3 fully saturated rings. The SMILES string of the molecule is Cc1ccc(S(=O)(=O)N2CCCCC2C)cc1C(=O)N1CCCCC1C1OCCO1. The number of carbonyl (C=O) groups is 1. The second kappa shape index (κ2) is 8.94. The van der Waals surface area contributed by atoms with Gasteiger partial charge in [-0.3, -0.25) is 4.79 Å². The average molecular weight is 437 g/mol. The maximum atomic E-state index is 13.5. The lowest BCUT2D eigenvalue weighted by Crippen LogP contribution is -2.50. The molecule has 3 aliphatic heterocycles. The fraction of sp³-hybridized carbons (Fsp3) is 0.682. The van der Waals surface area contributed by atoms with Crippen molar-refractivity contribution in [3.05, 3.63) is 29.3 Å². The van der Waals surface area contributed by atoms with Gasteiger partial charge in [0.25, 0.3) is 5.91 Å². The summed E-state index contributed by atoms with van der Waals surface area (Å²) in [5.41, 5.74) is 1.23. The summed E-state index contributed by atoms with van der Waals surface area (Å²) < 4.78 is 39.6. The standard InChI is InChI=1S/C22H32N2O5S/c1-16-9-10-18(30(26,27)24-12-6-3-7-17(24)2)15-19(16)21(25)23-11-5-4-8-20(23)22-28-13-14-29-22/h9-10,15,17,20,22H,3-8,11-14H2,1-2H3. The monoisotopic (exact) mass is 436 g/mol. The van der Waals surface area contributed by atoms with Crippen LogP contribution in [0, 0.1) is 6.92 Å². The van der Waals surface area contributed by atoms with Gasteiger partial charge in [-0.15, -0.1) is 0 Å². The molecule has 0 bridgehead atoms. The molecule has 0 spiro atoms. The van der Waals surface area contributed by atoms with E-state index >= 15 is 0 Å². The van der Waals surface area contributed by atoms with Gasteiger partial charge >= 0.3 is 0 Å². The Kier molecular flexibility index (Phi) is 6.48. The molecule has 8 heteroatoms. The molecule has 7 nitrogen and oxygen atoms in total. The van der Waals surface area contributed by atoms with E-state index in [-0.39, 0.29) is 22.9 Å². The van der Waals surface area contributed by atoms with Crippen LogP contribution in [0.25, 0.3) is 0 Å². The van der Waals surface area contributed by atoms with Gasteiger partial charge in [0.2, 0.25) is 10.0 Å². The van der Waals surface area contributed by atoms with Crippen molar-refractivity contribution in [3.8, 4) is 0 Å². The minimum absolute atomic E-state index is 0.0210. The summed E-state index contributed by atoms with van der Waals surface area (Å²) in [6.45, 7) is 6.07. The fourth-order valence-electron chi connectivity index (χ4n) is 4.80. The van der Waals surface area contributed by atoms with E-state index in [1.165, 1.54) is 0 Å². The van der Waals surface area contributed by atoms with E-state index in [9.17, 15) is 13.2 Å². The van der Waals surface area contributed by atoms with Gasteiger partial charge in [-0.1, -0.05) is 12.5 Å². The lowest BCUT2D eigenvalue weighted by atomic mass is 9.99. The normalized spacial score (nSPS) is 26.8. The minimum Gasteiger partial charge on any atom is -0.348 e. The zero-order chi connectivity index (χ0) is 21.3. The molecule has 4 rings (SSSR count). The average Bonchev–Trinajstić information content (AvgIpc) is 3.28. The van der Waals surface area contributed by atoms with Crippen molar-refractivity contribution in [3.63, 3.8) is 0 Å². The maximum Gasteiger partial charge on any atom is 0.254 e. The molecular formula is C22H32N2O5S. The van der Waals surface area contributed by atoms with Crippen molar-refractivity contribution in [2.24, 2.45) is 0 Å². The molecule has 0 N–H and O–H groups in total. The first-order valence-electron chi connectivity index (χ1n) is 11.1. The summed E-state index contributed by atoms with van der Waals surface area (Å²) >= 11 is 0. The largest absolute Gasteiger partial charge is 0.348 e. The van der Waals surface area contributed by atoms with Gasteiger partial charge in [0.05, 0.1) is 24.2 Å². The third kappa shape index (κ3) is 4.15. The molecule has 3 heterocycles. The van der Waals surface area contributed by atoms with Crippen LogP contribution in [0.2, 0.25) is 0 Å². The first kappa shape index (κ1) is 21.7. The molecule has 1 aromatic rings. The number of ether oxygens (including phenoxy) is 2. The fourth-order valence-corrected chi connectivity index (χ4v) is 6.53. The smallest absolute Gasteiger partial charge is 0.254 e. The van der Waals surface area contributed by atoms with Gasteiger partial charge in [0, 0.05) is 24.7 Å². The van der Waals surface area contributed by atoms with Gasteiger partial charge < -0.3 is 14.4 Å². The summed E-state index contributed by atoms with van der Waals surface area (Å²) in [4.78, 5) is 15.5. The van der Waals surface area contributed by atoms with Crippen LogP contribution in [-0.2, 0) is 19.5 Å². The Morgan fingerprint density at radius 1 is 1.03 bits per heavy atom. The molecule has 30 heavy (non-hydrogen) atoms. The number of aryl methyl sites for hydroxylation is 1. The van der Waals surface area contributed by atoms with E-state index in [0.29, 0.717) is 31.9 Å². The Morgan fingerprint density at radius 3 is 2.47 bits per heavy atom. The topological polar surface area (TPSA) is 76.2 Å². The van der Waals surface area contributed by atoms with E-state index in [0.717, 1.165) is 44.1 Å². The number of amides is 1. The number of hydrogen-bond donors (Lipinski definition) is 0. The van der Waals surface area contributed by atoms with Crippen LogP contribution in [0.3, 0.4) is 0 Å². The van der Waals surface area contributed by atoms with E-state index in [2.05, 4.69) is 0 Å². The number of sulfonamides is 1. The zero-order valence-electron chi connectivity index (χ0n) is 17.9. The van der Waals surface area contributed by atoms with Crippen LogP contribution in [0.4, 0.5) is 0 Å². The van der Waals surface area contributed by atoms with Crippen molar-refractivity contribution in [2.75, 3.05) is 26.3 Å². The van der Waals surface area contributed by atoms with Crippen molar-refractivity contribution < 1.29 is 22.7 Å². The highest BCUT2D eigenvalue weighted by Crippen LogP contribution is 2.29. The number of rotatable bonds is 4. The van der Waals surface area contributed by atoms with Crippen LogP contribution in [0.15, 0.2) is 23.1 Å². The van der Waals surface area contributed by atoms with Crippen LogP contribution in [0.5, 0.6) is 0 Å². The Balaban J connectivity index is 1.63. The van der Waals surface area contributed by atoms with Gasteiger partial charge in [0.1, 0.15) is 0 Å². The molecule has 0 aliphatic carbocycles. The van der Waals surface area contributed by atoms with Crippen molar-refractivity contribution in [2.45, 2.75) is 75.6 Å². The van der Waals surface area contributed by atoms with Gasteiger partial charge in [-0.25, -0.2) is 8.42 Å². The molecule has 2 atom stereocenters. The molecule has 2 unspecified atom stereocenters. The van der Waals surface area contributed by atoms with Crippen LogP contribution in [0.1, 0.15) is 61.4 Å². The molecule has 1 amide bonds. The van der Waals surface area contributed by atoms with Crippen molar-refractivity contribution in [1.29, 1.82) is 0 Å². The Labute approximate surface area is 179 Å². The Hall–Kier alpha value is -1.48. The van der Waals surface area contributed by atoms with Gasteiger partial charge in [-0.05, 0) is 63.6 Å². The van der Waals surface area contributed by atoms with Crippen molar-refractivity contribution in [1.82, 2.24) is 9.21 Å². The summed E-state index contributed by atoms with van der Waals surface area (Å²) in [7, 11) is -3.63. The second-order valence-electron chi connectivity index (χ2n) is 8.61. The lowest BCUT2D eigenvalue weighted by molar-refractivity contribution is -0.100. The van der Waals surface area contributed by atoms with Crippen molar-refractivity contribution >= 4 is 15.9 Å². The summed E-state index contributed by atoms with van der Waals surface area (Å²) in [6.07, 6.45) is 5.18. The van der Waals surface area contributed by atoms with Gasteiger partial charge in [0.15, 0.2) is 6.29 Å². The summed E-state index contributed by atoms with van der Waals surface area (Å²) in [6, 6.07) is 4.79. The van der Waals surface area contributed by atoms with E-state index in [1.54, 1.807) is 22.5 Å². The Bertz CT molecular complexity index is 882. The van der Waals surface area contributed by atoms with Gasteiger partial charge in [-0.2, -0.15) is 4.31 Å². The van der Waals surface area contributed by atoms with E-state index < -0.39 is 16.3 Å². The second-order valence-corrected chi connectivity index (χ2v) is 10.5. The molecule has 0 saturated carbocycles. The predicted molar refractivity (Wildman–Crippen MR) is 113 cm³/mol. The summed E-state index contributed by atoms with van der Waals surface area (Å²) in [5.74, 6) is -0.139. The number of hydrogen-bond acceptors (Lipinski definition) is 5. The first-order chi connectivity index (χ1) is 14.4. The third-order valence-corrected chi connectivity index (χ3v) is 8.57. The molecule has 166 valence electrons.